The minimum Gasteiger partial charge on any atom is -0.333 e. The zero-order chi connectivity index (χ0) is 39.0. The number of fused-ring (bicyclic) bond motifs is 8. The molecule has 3 aliphatic rings. The highest BCUT2D eigenvalue weighted by atomic mass is 15.2. The third-order valence-corrected chi connectivity index (χ3v) is 12.7. The van der Waals surface area contributed by atoms with E-state index < -0.39 is 0 Å². The van der Waals surface area contributed by atoms with Crippen LogP contribution in [-0.2, 0) is 0 Å². The Labute approximate surface area is 343 Å². The van der Waals surface area contributed by atoms with Crippen molar-refractivity contribution < 1.29 is 0 Å². The summed E-state index contributed by atoms with van der Waals surface area (Å²) in [6, 6.07) is 53.6. The van der Waals surface area contributed by atoms with E-state index in [4.69, 9.17) is 9.97 Å². The molecule has 4 nitrogen and oxygen atoms in total. The van der Waals surface area contributed by atoms with Crippen LogP contribution in [0, 0.1) is 6.92 Å². The van der Waals surface area contributed by atoms with Crippen LogP contribution in [0.25, 0.3) is 77.3 Å². The fourth-order valence-corrected chi connectivity index (χ4v) is 9.89. The molecule has 7 aromatic carbocycles. The highest BCUT2D eigenvalue weighted by molar-refractivity contribution is 6.14. The molecule has 2 aromatic heterocycles. The molecule has 0 N–H and O–H groups in total. The average Bonchev–Trinajstić information content (AvgIpc) is 3.81. The topological polar surface area (TPSA) is 34.0 Å². The molecule has 0 saturated carbocycles. The Morgan fingerprint density at radius 1 is 0.576 bits per heavy atom. The monoisotopic (exact) mass is 756 g/mol. The van der Waals surface area contributed by atoms with E-state index in [-0.39, 0.29) is 6.04 Å². The minimum absolute atomic E-state index is 0.266. The average molecular weight is 757 g/mol. The molecule has 0 bridgehead atoms. The Balaban J connectivity index is 1.03. The summed E-state index contributed by atoms with van der Waals surface area (Å²) in [7, 11) is 0. The molecule has 1 aliphatic heterocycles. The lowest BCUT2D eigenvalue weighted by molar-refractivity contribution is 0.745. The quantitative estimate of drug-likeness (QED) is 0.175. The maximum absolute atomic E-state index is 5.34. The van der Waals surface area contributed by atoms with Gasteiger partial charge in [-0.2, -0.15) is 0 Å². The smallest absolute Gasteiger partial charge is 0.160 e. The first-order valence-corrected chi connectivity index (χ1v) is 20.7. The molecule has 12 rings (SSSR count). The highest BCUT2D eigenvalue weighted by Crippen LogP contribution is 2.48. The summed E-state index contributed by atoms with van der Waals surface area (Å²) in [5.74, 6) is 1.10. The van der Waals surface area contributed by atoms with Crippen LogP contribution in [0.2, 0.25) is 0 Å². The van der Waals surface area contributed by atoms with Crippen molar-refractivity contribution in [2.45, 2.75) is 31.7 Å². The molecular weight excluding hydrogens is 717 g/mol. The number of benzene rings is 7. The van der Waals surface area contributed by atoms with Gasteiger partial charge in [0.05, 0.1) is 28.5 Å². The third-order valence-electron chi connectivity index (χ3n) is 12.7. The standard InChI is InChI=1S/C55H40N4/c1-35-53(37-15-4-2-5-16-37)56-55(38-17-6-3-7-18-38)57-54(35)46-23-14-19-36-27-29-42(34-47(36)46)59-51-26-13-10-22-45(51)48-32-40-31-41(30-28-39(40)33-52(48)59)58-49-24-11-8-20-43(49)44-21-9-12-25-50(44)58/h3-4,6-34,43,49H,2,5H2,1H3. The number of rotatable bonds is 5. The number of allylic oxidation sites excluding steroid dienone is 6. The Kier molecular flexibility index (Phi) is 7.67. The van der Waals surface area contributed by atoms with Gasteiger partial charge in [-0.3, -0.25) is 0 Å². The number of nitrogens with zero attached hydrogens (tertiary/aromatic N) is 4. The van der Waals surface area contributed by atoms with E-state index in [0.29, 0.717) is 5.92 Å². The van der Waals surface area contributed by atoms with Crippen LogP contribution in [-0.4, -0.2) is 20.6 Å². The van der Waals surface area contributed by atoms with E-state index in [9.17, 15) is 0 Å². The molecular formula is C55H40N4. The lowest BCUT2D eigenvalue weighted by Gasteiger charge is -2.29. The van der Waals surface area contributed by atoms with Gasteiger partial charge < -0.3 is 9.47 Å². The van der Waals surface area contributed by atoms with Crippen molar-refractivity contribution in [1.82, 2.24) is 14.5 Å². The van der Waals surface area contributed by atoms with Crippen LogP contribution < -0.4 is 4.90 Å². The second-order valence-electron chi connectivity index (χ2n) is 16.1. The van der Waals surface area contributed by atoms with Crippen molar-refractivity contribution in [3.8, 4) is 28.3 Å². The van der Waals surface area contributed by atoms with Crippen molar-refractivity contribution >= 4 is 60.3 Å². The summed E-state index contributed by atoms with van der Waals surface area (Å²) < 4.78 is 2.44. The van der Waals surface area contributed by atoms with Gasteiger partial charge in [0.15, 0.2) is 5.82 Å². The molecule has 0 radical (unpaired) electrons. The van der Waals surface area contributed by atoms with Gasteiger partial charge in [0.25, 0.3) is 0 Å². The fraction of sp³-hybridized carbons (Fsp3) is 0.0909. The maximum atomic E-state index is 5.34. The molecule has 9 aromatic rings. The number of aromatic nitrogens is 3. The van der Waals surface area contributed by atoms with Gasteiger partial charge in [-0.25, -0.2) is 9.97 Å². The molecule has 0 amide bonds. The highest BCUT2D eigenvalue weighted by Gasteiger charge is 2.37. The third kappa shape index (κ3) is 5.37. The Bertz CT molecular complexity index is 3310. The molecule has 0 saturated heterocycles. The second kappa shape index (κ2) is 13.4. The second-order valence-corrected chi connectivity index (χ2v) is 16.1. The summed E-state index contributed by atoms with van der Waals surface area (Å²) in [4.78, 5) is 13.1. The predicted molar refractivity (Wildman–Crippen MR) is 247 cm³/mol. The number of anilines is 2. The van der Waals surface area contributed by atoms with Gasteiger partial charge >= 0.3 is 0 Å². The van der Waals surface area contributed by atoms with E-state index in [1.165, 1.54) is 54.9 Å². The molecule has 3 heterocycles. The van der Waals surface area contributed by atoms with Gasteiger partial charge in [0.2, 0.25) is 0 Å². The lowest BCUT2D eigenvalue weighted by atomic mass is 9.91. The zero-order valence-electron chi connectivity index (χ0n) is 32.8. The molecule has 280 valence electrons. The largest absolute Gasteiger partial charge is 0.333 e. The first-order valence-electron chi connectivity index (χ1n) is 20.7. The fourth-order valence-electron chi connectivity index (χ4n) is 9.89. The SMILES string of the molecule is Cc1c(C2=CCCC=C2)nc(-c2ccccc2)nc1-c1cccc2ccc(-n3c4ccccc4c4cc5cc(N6c7ccccc7C7C=CC=CC76)ccc5cc43)cc12. The van der Waals surface area contributed by atoms with Crippen molar-refractivity contribution in [3.05, 3.63) is 205 Å². The van der Waals surface area contributed by atoms with Gasteiger partial charge in [0, 0.05) is 50.4 Å². The van der Waals surface area contributed by atoms with Gasteiger partial charge in [0.1, 0.15) is 0 Å². The Morgan fingerprint density at radius 3 is 2.31 bits per heavy atom. The van der Waals surface area contributed by atoms with Gasteiger partial charge in [-0.1, -0.05) is 140 Å². The minimum atomic E-state index is 0.266. The normalized spacial score (nSPS) is 17.0. The van der Waals surface area contributed by atoms with Crippen LogP contribution in [0.1, 0.15) is 35.6 Å². The van der Waals surface area contributed by atoms with Crippen LogP contribution in [0.4, 0.5) is 11.4 Å². The maximum Gasteiger partial charge on any atom is 0.160 e. The van der Waals surface area contributed by atoms with E-state index in [1.807, 2.05) is 6.07 Å². The molecule has 2 unspecified atom stereocenters. The summed E-state index contributed by atoms with van der Waals surface area (Å²) in [5, 5.41) is 7.29. The molecule has 4 heteroatoms. The van der Waals surface area contributed by atoms with Crippen molar-refractivity contribution in [2.24, 2.45) is 0 Å². The lowest BCUT2D eigenvalue weighted by Crippen LogP contribution is -2.28. The van der Waals surface area contributed by atoms with Gasteiger partial charge in [-0.15, -0.1) is 0 Å². The first kappa shape index (κ1) is 33.8. The number of hydrogen-bond acceptors (Lipinski definition) is 3. The predicted octanol–water partition coefficient (Wildman–Crippen LogP) is 14.0. The van der Waals surface area contributed by atoms with E-state index >= 15 is 0 Å². The molecule has 2 aliphatic carbocycles. The Hall–Kier alpha value is -7.30. The molecule has 2 atom stereocenters. The molecule has 59 heavy (non-hydrogen) atoms. The summed E-state index contributed by atoms with van der Waals surface area (Å²) in [6.45, 7) is 2.18. The Morgan fingerprint density at radius 2 is 1.39 bits per heavy atom. The summed E-state index contributed by atoms with van der Waals surface area (Å²) >= 11 is 0. The van der Waals surface area contributed by atoms with Crippen LogP contribution >= 0.6 is 0 Å². The van der Waals surface area contributed by atoms with Gasteiger partial charge in [-0.05, 0) is 101 Å². The van der Waals surface area contributed by atoms with Crippen molar-refractivity contribution in [2.75, 3.05) is 4.90 Å². The molecule has 0 fully saturated rings. The molecule has 0 spiro atoms. The summed E-state index contributed by atoms with van der Waals surface area (Å²) in [5.41, 5.74) is 13.7. The zero-order valence-corrected chi connectivity index (χ0v) is 32.8. The number of para-hydroxylation sites is 2. The first-order chi connectivity index (χ1) is 29.2. The van der Waals surface area contributed by atoms with E-state index in [2.05, 4.69) is 198 Å². The van der Waals surface area contributed by atoms with Crippen molar-refractivity contribution in [1.29, 1.82) is 0 Å². The van der Waals surface area contributed by atoms with E-state index in [0.717, 1.165) is 63.4 Å². The van der Waals surface area contributed by atoms with Crippen LogP contribution in [0.5, 0.6) is 0 Å². The van der Waals surface area contributed by atoms with E-state index in [1.54, 1.807) is 0 Å². The van der Waals surface area contributed by atoms with Crippen molar-refractivity contribution in [3.63, 3.8) is 0 Å². The summed E-state index contributed by atoms with van der Waals surface area (Å²) in [6.07, 6.45) is 17.9. The number of hydrogen-bond donors (Lipinski definition) is 0. The van der Waals surface area contributed by atoms with Crippen LogP contribution in [0.15, 0.2) is 188 Å². The van der Waals surface area contributed by atoms with Crippen LogP contribution in [0.3, 0.4) is 0 Å².